The third kappa shape index (κ3) is 3.66. The maximum Gasteiger partial charge on any atom is 0.258 e. The van der Waals surface area contributed by atoms with Crippen molar-refractivity contribution in [2.75, 3.05) is 0 Å². The van der Waals surface area contributed by atoms with E-state index in [2.05, 4.69) is 62.3 Å². The van der Waals surface area contributed by atoms with E-state index in [1.165, 1.54) is 20.8 Å². The van der Waals surface area contributed by atoms with Crippen LogP contribution < -0.4 is 5.56 Å². The standard InChI is InChI=1S/C19H17BrN6O/c1-12(2)13-3-5-14(6-4-13)19-22-24-26(23-19)11-16-9-18(27)25-10-15(20)7-8-17(25)21-16/h3-10,12H,11H2,1-2H3. The van der Waals surface area contributed by atoms with Gasteiger partial charge in [-0.05, 0) is 44.8 Å². The summed E-state index contributed by atoms with van der Waals surface area (Å²) in [6, 6.07) is 13.3. The van der Waals surface area contributed by atoms with Crippen LogP contribution in [-0.4, -0.2) is 29.6 Å². The molecule has 0 spiro atoms. The van der Waals surface area contributed by atoms with Crippen LogP contribution in [0.3, 0.4) is 0 Å². The van der Waals surface area contributed by atoms with Crippen molar-refractivity contribution >= 4 is 21.6 Å². The zero-order chi connectivity index (χ0) is 19.0. The number of pyridine rings is 1. The molecule has 0 fully saturated rings. The Hall–Kier alpha value is -2.87. The lowest BCUT2D eigenvalue weighted by Gasteiger charge is -2.05. The van der Waals surface area contributed by atoms with Gasteiger partial charge in [-0.3, -0.25) is 9.20 Å². The minimum atomic E-state index is -0.152. The van der Waals surface area contributed by atoms with Crippen LogP contribution in [0.4, 0.5) is 0 Å². The molecular formula is C19H17BrN6O. The molecule has 1 aromatic carbocycles. The summed E-state index contributed by atoms with van der Waals surface area (Å²) >= 11 is 3.36. The Morgan fingerprint density at radius 3 is 2.63 bits per heavy atom. The summed E-state index contributed by atoms with van der Waals surface area (Å²) < 4.78 is 2.31. The predicted octanol–water partition coefficient (Wildman–Crippen LogP) is 3.28. The van der Waals surface area contributed by atoms with Crippen molar-refractivity contribution in [3.05, 3.63) is 74.7 Å². The number of nitrogens with zero attached hydrogens (tertiary/aromatic N) is 6. The fourth-order valence-corrected chi connectivity index (χ4v) is 3.13. The number of hydrogen-bond acceptors (Lipinski definition) is 5. The average Bonchev–Trinajstić information content (AvgIpc) is 3.11. The van der Waals surface area contributed by atoms with Gasteiger partial charge in [-0.1, -0.05) is 38.1 Å². The number of tetrazole rings is 1. The number of benzene rings is 1. The van der Waals surface area contributed by atoms with Crippen LogP contribution in [0.15, 0.2) is 57.9 Å². The highest BCUT2D eigenvalue weighted by Gasteiger charge is 2.09. The largest absolute Gasteiger partial charge is 0.269 e. The maximum absolute atomic E-state index is 12.3. The molecule has 0 aliphatic carbocycles. The van der Waals surface area contributed by atoms with Crippen LogP contribution in [0, 0.1) is 0 Å². The minimum Gasteiger partial charge on any atom is -0.269 e. The number of hydrogen-bond donors (Lipinski definition) is 0. The Labute approximate surface area is 163 Å². The number of rotatable bonds is 4. The molecule has 4 rings (SSSR count). The van der Waals surface area contributed by atoms with Crippen molar-refractivity contribution in [2.24, 2.45) is 0 Å². The van der Waals surface area contributed by atoms with Gasteiger partial charge >= 0.3 is 0 Å². The highest BCUT2D eigenvalue weighted by atomic mass is 79.9. The molecule has 0 bridgehead atoms. The molecule has 0 radical (unpaired) electrons. The second-order valence-electron chi connectivity index (χ2n) is 6.58. The summed E-state index contributed by atoms with van der Waals surface area (Å²) in [4.78, 5) is 18.2. The summed E-state index contributed by atoms with van der Waals surface area (Å²) in [7, 11) is 0. The van der Waals surface area contributed by atoms with Crippen molar-refractivity contribution in [3.8, 4) is 11.4 Å². The maximum atomic E-state index is 12.3. The SMILES string of the molecule is CC(C)c1ccc(-c2nnn(Cc3cc(=O)n4cc(Br)ccc4n3)n2)cc1. The van der Waals surface area contributed by atoms with Gasteiger partial charge in [0, 0.05) is 22.3 Å². The summed E-state index contributed by atoms with van der Waals surface area (Å²) in [5.41, 5.74) is 3.17. The normalized spacial score (nSPS) is 11.4. The molecule has 4 aromatic rings. The van der Waals surface area contributed by atoms with Gasteiger partial charge in [-0.15, -0.1) is 10.2 Å². The first-order valence-corrected chi connectivity index (χ1v) is 9.35. The lowest BCUT2D eigenvalue weighted by atomic mass is 10.0. The number of halogens is 1. The van der Waals surface area contributed by atoms with Crippen LogP contribution in [0.25, 0.3) is 17.0 Å². The molecule has 3 heterocycles. The quantitative estimate of drug-likeness (QED) is 0.502. The summed E-state index contributed by atoms with van der Waals surface area (Å²) in [6.07, 6.45) is 1.70. The minimum absolute atomic E-state index is 0.152. The zero-order valence-electron chi connectivity index (χ0n) is 14.9. The molecule has 0 unspecified atom stereocenters. The van der Waals surface area contributed by atoms with E-state index in [4.69, 9.17) is 0 Å². The highest BCUT2D eigenvalue weighted by molar-refractivity contribution is 9.10. The van der Waals surface area contributed by atoms with Crippen LogP contribution in [0.1, 0.15) is 31.0 Å². The lowest BCUT2D eigenvalue weighted by Crippen LogP contribution is -2.17. The molecule has 0 saturated carbocycles. The smallest absolute Gasteiger partial charge is 0.258 e. The predicted molar refractivity (Wildman–Crippen MR) is 106 cm³/mol. The summed E-state index contributed by atoms with van der Waals surface area (Å²) in [5.74, 6) is 1.02. The van der Waals surface area contributed by atoms with E-state index < -0.39 is 0 Å². The highest BCUT2D eigenvalue weighted by Crippen LogP contribution is 2.19. The molecule has 3 aromatic heterocycles. The first kappa shape index (κ1) is 17.5. The van der Waals surface area contributed by atoms with Gasteiger partial charge in [-0.25, -0.2) is 4.98 Å². The van der Waals surface area contributed by atoms with Gasteiger partial charge in [0.15, 0.2) is 0 Å². The van der Waals surface area contributed by atoms with Gasteiger partial charge in [0.05, 0.1) is 5.69 Å². The average molecular weight is 425 g/mol. The third-order valence-corrected chi connectivity index (χ3v) is 4.74. The van der Waals surface area contributed by atoms with Crippen molar-refractivity contribution in [2.45, 2.75) is 26.3 Å². The number of fused-ring (bicyclic) bond motifs is 1. The monoisotopic (exact) mass is 424 g/mol. The van der Waals surface area contributed by atoms with Crippen molar-refractivity contribution in [3.63, 3.8) is 0 Å². The first-order valence-electron chi connectivity index (χ1n) is 8.55. The Kier molecular flexibility index (Phi) is 4.57. The van der Waals surface area contributed by atoms with Crippen LogP contribution >= 0.6 is 15.9 Å². The molecular weight excluding hydrogens is 408 g/mol. The Balaban J connectivity index is 1.60. The summed E-state index contributed by atoms with van der Waals surface area (Å²) in [5, 5.41) is 12.6. The van der Waals surface area contributed by atoms with E-state index in [1.54, 1.807) is 12.3 Å². The Morgan fingerprint density at radius 1 is 1.11 bits per heavy atom. The molecule has 136 valence electrons. The lowest BCUT2D eigenvalue weighted by molar-refractivity contribution is 0.564. The fourth-order valence-electron chi connectivity index (χ4n) is 2.79. The Morgan fingerprint density at radius 2 is 1.89 bits per heavy atom. The van der Waals surface area contributed by atoms with Gasteiger partial charge < -0.3 is 0 Å². The first-order chi connectivity index (χ1) is 13.0. The summed E-state index contributed by atoms with van der Waals surface area (Å²) in [6.45, 7) is 4.58. The van der Waals surface area contributed by atoms with Crippen molar-refractivity contribution in [1.29, 1.82) is 0 Å². The number of aromatic nitrogens is 6. The molecule has 0 aliphatic rings. The topological polar surface area (TPSA) is 78.0 Å². The van der Waals surface area contributed by atoms with E-state index in [-0.39, 0.29) is 12.1 Å². The molecule has 0 aliphatic heterocycles. The van der Waals surface area contributed by atoms with Crippen LogP contribution in [0.2, 0.25) is 0 Å². The van der Waals surface area contributed by atoms with Crippen LogP contribution in [0.5, 0.6) is 0 Å². The van der Waals surface area contributed by atoms with Crippen molar-refractivity contribution < 1.29 is 0 Å². The molecule has 27 heavy (non-hydrogen) atoms. The van der Waals surface area contributed by atoms with E-state index >= 15 is 0 Å². The van der Waals surface area contributed by atoms with Gasteiger partial charge in [0.2, 0.25) is 5.82 Å². The Bertz CT molecular complexity index is 1160. The van der Waals surface area contributed by atoms with Gasteiger partial charge in [0.1, 0.15) is 12.2 Å². The molecule has 0 atom stereocenters. The fraction of sp³-hybridized carbons (Fsp3) is 0.211. The third-order valence-electron chi connectivity index (χ3n) is 4.27. The second-order valence-corrected chi connectivity index (χ2v) is 7.50. The van der Waals surface area contributed by atoms with Crippen molar-refractivity contribution in [1.82, 2.24) is 29.6 Å². The molecule has 7 nitrogen and oxygen atoms in total. The van der Waals surface area contributed by atoms with Gasteiger partial charge in [-0.2, -0.15) is 4.80 Å². The van der Waals surface area contributed by atoms with E-state index in [9.17, 15) is 4.79 Å². The molecule has 0 amide bonds. The van der Waals surface area contributed by atoms with Gasteiger partial charge in [0.25, 0.3) is 5.56 Å². The molecule has 0 N–H and O–H groups in total. The van der Waals surface area contributed by atoms with E-state index in [0.29, 0.717) is 23.1 Å². The van der Waals surface area contributed by atoms with E-state index in [1.807, 2.05) is 18.2 Å². The van der Waals surface area contributed by atoms with Crippen LogP contribution in [-0.2, 0) is 6.54 Å². The molecule has 8 heteroatoms. The molecule has 0 saturated heterocycles. The van der Waals surface area contributed by atoms with E-state index in [0.717, 1.165) is 10.0 Å². The zero-order valence-corrected chi connectivity index (χ0v) is 16.5. The second kappa shape index (κ2) is 7.03.